The Labute approximate surface area is 154 Å². The monoisotopic (exact) mass is 380 g/mol. The van der Waals surface area contributed by atoms with Gasteiger partial charge in [0.2, 0.25) is 5.91 Å². The molecule has 0 fully saturated rings. The summed E-state index contributed by atoms with van der Waals surface area (Å²) >= 11 is 1.26. The molecule has 9 nitrogen and oxygen atoms in total. The van der Waals surface area contributed by atoms with Gasteiger partial charge in [-0.2, -0.15) is 4.99 Å². The number of carbonyl (C=O) groups is 2. The van der Waals surface area contributed by atoms with Gasteiger partial charge in [0.05, 0.1) is 17.7 Å². The minimum atomic E-state index is -0.602. The van der Waals surface area contributed by atoms with Gasteiger partial charge in [0, 0.05) is 31.6 Å². The van der Waals surface area contributed by atoms with E-state index in [1.165, 1.54) is 37.1 Å². The summed E-state index contributed by atoms with van der Waals surface area (Å²) in [6.45, 7) is 5.37. The highest BCUT2D eigenvalue weighted by molar-refractivity contribution is 8.15. The van der Waals surface area contributed by atoms with Gasteiger partial charge in [-0.3, -0.25) is 19.7 Å². The van der Waals surface area contributed by atoms with Crippen LogP contribution in [0.2, 0.25) is 0 Å². The average molecular weight is 380 g/mol. The summed E-state index contributed by atoms with van der Waals surface area (Å²) in [5.41, 5.74) is 0.0200. The number of nitro groups is 1. The number of amides is 2. The largest absolute Gasteiger partial charge is 0.495 e. The first-order chi connectivity index (χ1) is 12.4. The Morgan fingerprint density at radius 2 is 2.12 bits per heavy atom. The molecule has 10 heteroatoms. The molecule has 1 aromatic rings. The van der Waals surface area contributed by atoms with Crippen LogP contribution in [0.15, 0.2) is 23.2 Å². The predicted octanol–water partition coefficient (Wildman–Crippen LogP) is 2.27. The van der Waals surface area contributed by atoms with Gasteiger partial charge >= 0.3 is 0 Å². The van der Waals surface area contributed by atoms with Crippen molar-refractivity contribution in [3.63, 3.8) is 0 Å². The first-order valence-corrected chi connectivity index (χ1v) is 8.93. The second-order valence-corrected chi connectivity index (χ2v) is 6.58. The van der Waals surface area contributed by atoms with E-state index in [0.717, 1.165) is 13.1 Å². The molecular weight excluding hydrogens is 360 g/mol. The first-order valence-electron chi connectivity index (χ1n) is 8.06. The van der Waals surface area contributed by atoms with Crippen molar-refractivity contribution in [3.05, 3.63) is 28.3 Å². The topological polar surface area (TPSA) is 114 Å². The first kappa shape index (κ1) is 19.7. The number of rotatable bonds is 7. The Hall–Kier alpha value is -2.62. The van der Waals surface area contributed by atoms with Crippen LogP contribution in [0.5, 0.6) is 5.75 Å². The van der Waals surface area contributed by atoms with Crippen molar-refractivity contribution in [1.82, 2.24) is 4.90 Å². The maximum Gasteiger partial charge on any atom is 0.271 e. The number of nitrogens with zero attached hydrogens (tertiary/aromatic N) is 3. The number of methoxy groups -OCH3 is 1. The van der Waals surface area contributed by atoms with Crippen LogP contribution >= 0.6 is 11.8 Å². The third kappa shape index (κ3) is 4.51. The van der Waals surface area contributed by atoms with Crippen LogP contribution in [0.1, 0.15) is 20.3 Å². The number of carbonyl (C=O) groups excluding carboxylic acids is 2. The van der Waals surface area contributed by atoms with Gasteiger partial charge in [-0.25, -0.2) is 0 Å². The maximum absolute atomic E-state index is 12.3. The minimum Gasteiger partial charge on any atom is -0.495 e. The summed E-state index contributed by atoms with van der Waals surface area (Å²) in [5, 5.41) is 13.5. The van der Waals surface area contributed by atoms with Crippen LogP contribution in [0.4, 0.5) is 11.4 Å². The molecule has 2 amide bonds. The van der Waals surface area contributed by atoms with E-state index >= 15 is 0 Å². The second-order valence-electron chi connectivity index (χ2n) is 5.41. The van der Waals surface area contributed by atoms with Gasteiger partial charge in [-0.1, -0.05) is 11.8 Å². The fraction of sp³-hybridized carbons (Fsp3) is 0.438. The Morgan fingerprint density at radius 3 is 2.69 bits per heavy atom. The van der Waals surface area contributed by atoms with E-state index in [9.17, 15) is 19.7 Å². The lowest BCUT2D eigenvalue weighted by Crippen LogP contribution is -2.28. The summed E-state index contributed by atoms with van der Waals surface area (Å²) < 4.78 is 5.11. The van der Waals surface area contributed by atoms with E-state index in [4.69, 9.17) is 4.74 Å². The zero-order valence-electron chi connectivity index (χ0n) is 14.7. The average Bonchev–Trinajstić information content (AvgIpc) is 2.96. The normalized spacial score (nSPS) is 16.2. The van der Waals surface area contributed by atoms with E-state index in [2.05, 4.69) is 10.3 Å². The van der Waals surface area contributed by atoms with Gasteiger partial charge in [-0.05, 0) is 19.9 Å². The molecule has 0 spiro atoms. The molecule has 0 aliphatic carbocycles. The van der Waals surface area contributed by atoms with E-state index in [0.29, 0.717) is 10.9 Å². The molecule has 1 N–H and O–H groups in total. The molecule has 0 aromatic heterocycles. The van der Waals surface area contributed by atoms with Crippen molar-refractivity contribution in [1.29, 1.82) is 0 Å². The number of hydrogen-bond donors (Lipinski definition) is 1. The number of thioether (sulfide) groups is 1. The third-order valence-electron chi connectivity index (χ3n) is 3.80. The molecule has 0 saturated carbocycles. The molecule has 0 radical (unpaired) electrons. The third-order valence-corrected chi connectivity index (χ3v) is 5.01. The van der Waals surface area contributed by atoms with Gasteiger partial charge in [0.15, 0.2) is 5.17 Å². The predicted molar refractivity (Wildman–Crippen MR) is 99.6 cm³/mol. The van der Waals surface area contributed by atoms with Gasteiger partial charge in [0.25, 0.3) is 11.6 Å². The number of benzene rings is 1. The van der Waals surface area contributed by atoms with Crippen molar-refractivity contribution in [2.45, 2.75) is 25.5 Å². The fourth-order valence-electron chi connectivity index (χ4n) is 2.42. The Kier molecular flexibility index (Phi) is 6.56. The highest BCUT2D eigenvalue weighted by Gasteiger charge is 2.32. The molecule has 1 aliphatic heterocycles. The van der Waals surface area contributed by atoms with Gasteiger partial charge in [-0.15, -0.1) is 0 Å². The van der Waals surface area contributed by atoms with E-state index in [-0.39, 0.29) is 23.7 Å². The lowest BCUT2D eigenvalue weighted by atomic mass is 10.2. The smallest absolute Gasteiger partial charge is 0.271 e. The van der Waals surface area contributed by atoms with Crippen molar-refractivity contribution in [3.8, 4) is 5.75 Å². The quantitative estimate of drug-likeness (QED) is 0.570. The van der Waals surface area contributed by atoms with Crippen LogP contribution in [0.25, 0.3) is 0 Å². The number of non-ortho nitro benzene ring substituents is 1. The van der Waals surface area contributed by atoms with Crippen LogP contribution in [-0.2, 0) is 9.59 Å². The van der Waals surface area contributed by atoms with Crippen LogP contribution in [-0.4, -0.2) is 52.3 Å². The summed E-state index contributed by atoms with van der Waals surface area (Å²) in [7, 11) is 1.40. The van der Waals surface area contributed by atoms with Gasteiger partial charge in [0.1, 0.15) is 11.0 Å². The van der Waals surface area contributed by atoms with Crippen LogP contribution in [0.3, 0.4) is 0 Å². The number of hydrogen-bond acceptors (Lipinski definition) is 7. The molecule has 1 heterocycles. The summed E-state index contributed by atoms with van der Waals surface area (Å²) in [4.78, 5) is 40.7. The van der Waals surface area contributed by atoms with E-state index in [1.54, 1.807) is 0 Å². The minimum absolute atomic E-state index is 0.0797. The highest BCUT2D eigenvalue weighted by atomic mass is 32.2. The van der Waals surface area contributed by atoms with Crippen molar-refractivity contribution in [2.24, 2.45) is 4.99 Å². The number of nitrogens with one attached hydrogen (secondary N) is 1. The number of amidine groups is 1. The van der Waals surface area contributed by atoms with E-state index in [1.807, 2.05) is 18.7 Å². The number of anilines is 1. The second kappa shape index (κ2) is 8.65. The Balaban J connectivity index is 2.05. The van der Waals surface area contributed by atoms with Crippen LogP contribution in [0, 0.1) is 10.1 Å². The molecule has 26 heavy (non-hydrogen) atoms. The summed E-state index contributed by atoms with van der Waals surface area (Å²) in [5.74, 6) is -0.488. The zero-order chi connectivity index (χ0) is 19.3. The Morgan fingerprint density at radius 1 is 1.42 bits per heavy atom. The lowest BCUT2D eigenvalue weighted by Gasteiger charge is -2.19. The lowest BCUT2D eigenvalue weighted by molar-refractivity contribution is -0.384. The summed E-state index contributed by atoms with van der Waals surface area (Å²) in [6.07, 6.45) is -0.0797. The molecule has 0 unspecified atom stereocenters. The Bertz CT molecular complexity index is 748. The maximum atomic E-state index is 12.3. The van der Waals surface area contributed by atoms with Crippen molar-refractivity contribution in [2.75, 3.05) is 25.5 Å². The number of ether oxygens (including phenoxy) is 1. The molecule has 1 aliphatic rings. The number of aliphatic imine (C=N–C) groups is 1. The number of nitro benzene ring substituents is 1. The molecule has 1 aromatic carbocycles. The molecule has 1 atom stereocenters. The van der Waals surface area contributed by atoms with Gasteiger partial charge < -0.3 is 15.0 Å². The summed E-state index contributed by atoms with van der Waals surface area (Å²) in [6, 6.07) is 3.91. The standard InChI is InChI=1S/C16H20N4O5S/c1-4-19(5-2)16-18-15(22)13(26-16)9-14(21)17-11-8-10(20(23)24)6-7-12(11)25-3/h6-8,13H,4-5,9H2,1-3H3,(H,17,21)/t13-/m1/s1. The molecule has 140 valence electrons. The molecule has 2 rings (SSSR count). The molecule has 0 bridgehead atoms. The zero-order valence-corrected chi connectivity index (χ0v) is 15.5. The van der Waals surface area contributed by atoms with Crippen molar-refractivity contribution >= 4 is 40.1 Å². The highest BCUT2D eigenvalue weighted by Crippen LogP contribution is 2.31. The van der Waals surface area contributed by atoms with E-state index < -0.39 is 16.1 Å². The van der Waals surface area contributed by atoms with Crippen LogP contribution < -0.4 is 10.1 Å². The van der Waals surface area contributed by atoms with Crippen molar-refractivity contribution < 1.29 is 19.2 Å². The fourth-order valence-corrected chi connectivity index (χ4v) is 3.61. The SMILES string of the molecule is CCN(CC)C1=NC(=O)[C@@H](CC(=O)Nc2cc([N+](=O)[O-])ccc2OC)S1. The molecule has 0 saturated heterocycles. The molecular formula is C16H20N4O5S.